The van der Waals surface area contributed by atoms with E-state index in [4.69, 9.17) is 9.47 Å². The third-order valence-corrected chi connectivity index (χ3v) is 5.96. The first-order chi connectivity index (χ1) is 12.8. The predicted octanol–water partition coefficient (Wildman–Crippen LogP) is 4.07. The van der Waals surface area contributed by atoms with Gasteiger partial charge in [0.1, 0.15) is 6.61 Å². The number of carbonyl (C=O) groups is 1. The fraction of sp³-hybridized carbons (Fsp3) is 0.619. The number of benzene rings is 1. The molecule has 2 aliphatic carbocycles. The van der Waals surface area contributed by atoms with Gasteiger partial charge in [0.25, 0.3) is 5.91 Å². The average molecular weight is 356 g/mol. The standard InChI is InChI=1S/C21H28N2O3/c24-21(20-14-25-18-12-6-7-13-19(18)26-20)23-22-17-11-5-4-10-16(17)15-8-2-1-3-9-15/h6-7,12-13,15-16,20H,1-5,8-11,14H2,(H,23,24)/b22-17-. The Morgan fingerprint density at radius 1 is 1.00 bits per heavy atom. The Morgan fingerprint density at radius 2 is 1.77 bits per heavy atom. The van der Waals surface area contributed by atoms with E-state index in [0.717, 1.165) is 12.3 Å². The molecule has 1 amide bonds. The maximum absolute atomic E-state index is 12.5. The van der Waals surface area contributed by atoms with E-state index >= 15 is 0 Å². The third-order valence-electron chi connectivity index (χ3n) is 5.96. The lowest BCUT2D eigenvalue weighted by Crippen LogP contribution is -2.43. The molecule has 1 aliphatic heterocycles. The lowest BCUT2D eigenvalue weighted by atomic mass is 9.72. The van der Waals surface area contributed by atoms with Crippen LogP contribution < -0.4 is 14.9 Å². The zero-order chi connectivity index (χ0) is 17.8. The fourth-order valence-electron chi connectivity index (χ4n) is 4.55. The number of fused-ring (bicyclic) bond motifs is 1. The van der Waals surface area contributed by atoms with Gasteiger partial charge in [-0.05, 0) is 50.2 Å². The number of ether oxygens (including phenoxy) is 2. The van der Waals surface area contributed by atoms with Crippen molar-refractivity contribution in [1.82, 2.24) is 5.43 Å². The molecule has 3 aliphatic rings. The summed E-state index contributed by atoms with van der Waals surface area (Å²) in [7, 11) is 0. The zero-order valence-corrected chi connectivity index (χ0v) is 15.3. The van der Waals surface area contributed by atoms with E-state index < -0.39 is 6.10 Å². The van der Waals surface area contributed by atoms with Gasteiger partial charge in [-0.3, -0.25) is 4.79 Å². The molecule has 5 nitrogen and oxygen atoms in total. The molecular weight excluding hydrogens is 328 g/mol. The van der Waals surface area contributed by atoms with Crippen molar-refractivity contribution in [1.29, 1.82) is 0 Å². The van der Waals surface area contributed by atoms with E-state index in [9.17, 15) is 4.79 Å². The van der Waals surface area contributed by atoms with Crippen LogP contribution in [0, 0.1) is 11.8 Å². The number of para-hydroxylation sites is 2. The van der Waals surface area contributed by atoms with Gasteiger partial charge in [-0.25, -0.2) is 5.43 Å². The molecule has 1 heterocycles. The molecule has 5 heteroatoms. The molecule has 0 bridgehead atoms. The van der Waals surface area contributed by atoms with Crippen molar-refractivity contribution in [2.45, 2.75) is 63.9 Å². The number of amides is 1. The second kappa shape index (κ2) is 8.11. The summed E-state index contributed by atoms with van der Waals surface area (Å²) in [6, 6.07) is 7.43. The van der Waals surface area contributed by atoms with Crippen LogP contribution in [-0.4, -0.2) is 24.3 Å². The fourth-order valence-corrected chi connectivity index (χ4v) is 4.55. The summed E-state index contributed by atoms with van der Waals surface area (Å²) in [6.45, 7) is 0.222. The Labute approximate surface area is 155 Å². The summed E-state index contributed by atoms with van der Waals surface area (Å²) in [4.78, 5) is 12.5. The Bertz CT molecular complexity index is 667. The minimum absolute atomic E-state index is 0.222. The quantitative estimate of drug-likeness (QED) is 0.831. The van der Waals surface area contributed by atoms with Gasteiger partial charge in [-0.1, -0.05) is 37.8 Å². The monoisotopic (exact) mass is 356 g/mol. The molecule has 0 spiro atoms. The smallest absolute Gasteiger partial charge is 0.284 e. The van der Waals surface area contributed by atoms with Crippen LogP contribution in [0.2, 0.25) is 0 Å². The molecule has 1 N–H and O–H groups in total. The van der Waals surface area contributed by atoms with E-state index in [1.54, 1.807) is 0 Å². The van der Waals surface area contributed by atoms with E-state index in [-0.39, 0.29) is 12.5 Å². The Morgan fingerprint density at radius 3 is 2.62 bits per heavy atom. The van der Waals surface area contributed by atoms with Gasteiger partial charge in [0.05, 0.1) is 0 Å². The van der Waals surface area contributed by atoms with Crippen molar-refractivity contribution in [2.24, 2.45) is 16.9 Å². The van der Waals surface area contributed by atoms with Crippen LogP contribution >= 0.6 is 0 Å². The summed E-state index contributed by atoms with van der Waals surface area (Å²) < 4.78 is 11.4. The zero-order valence-electron chi connectivity index (χ0n) is 15.3. The summed E-state index contributed by atoms with van der Waals surface area (Å²) in [5.74, 6) is 2.38. The topological polar surface area (TPSA) is 59.9 Å². The number of hydrogen-bond acceptors (Lipinski definition) is 4. The van der Waals surface area contributed by atoms with Crippen LogP contribution in [0.1, 0.15) is 57.8 Å². The molecule has 0 radical (unpaired) electrons. The van der Waals surface area contributed by atoms with Gasteiger partial charge in [-0.2, -0.15) is 5.10 Å². The molecule has 2 unspecified atom stereocenters. The van der Waals surface area contributed by atoms with E-state index in [1.165, 1.54) is 57.1 Å². The summed E-state index contributed by atoms with van der Waals surface area (Å²) in [6.07, 6.45) is 10.7. The molecule has 26 heavy (non-hydrogen) atoms. The number of nitrogens with one attached hydrogen (secondary N) is 1. The highest BCUT2D eigenvalue weighted by Gasteiger charge is 2.31. The molecule has 1 aromatic carbocycles. The first-order valence-corrected chi connectivity index (χ1v) is 10.1. The highest BCUT2D eigenvalue weighted by Crippen LogP contribution is 2.37. The first kappa shape index (κ1) is 17.4. The maximum Gasteiger partial charge on any atom is 0.284 e. The van der Waals surface area contributed by atoms with Crippen molar-refractivity contribution >= 4 is 11.6 Å². The Kier molecular flexibility index (Phi) is 5.42. The molecule has 1 aromatic rings. The van der Waals surface area contributed by atoms with Gasteiger partial charge < -0.3 is 9.47 Å². The SMILES string of the molecule is O=C(N/N=C1/CCCCC1C1CCCCC1)C1COc2ccccc2O1. The minimum Gasteiger partial charge on any atom is -0.485 e. The third kappa shape index (κ3) is 3.87. The lowest BCUT2D eigenvalue weighted by molar-refractivity contribution is -0.130. The molecule has 2 saturated carbocycles. The number of nitrogens with zero attached hydrogens (tertiary/aromatic N) is 1. The van der Waals surface area contributed by atoms with E-state index in [2.05, 4.69) is 10.5 Å². The molecule has 4 rings (SSSR count). The molecule has 2 atom stereocenters. The maximum atomic E-state index is 12.5. The molecule has 0 saturated heterocycles. The van der Waals surface area contributed by atoms with Crippen molar-refractivity contribution < 1.29 is 14.3 Å². The van der Waals surface area contributed by atoms with Crippen LogP contribution in [0.15, 0.2) is 29.4 Å². The largest absolute Gasteiger partial charge is 0.485 e. The van der Waals surface area contributed by atoms with Crippen LogP contribution in [0.3, 0.4) is 0 Å². The minimum atomic E-state index is -0.647. The average Bonchev–Trinajstić information content (AvgIpc) is 2.72. The highest BCUT2D eigenvalue weighted by molar-refractivity contribution is 5.90. The summed E-state index contributed by atoms with van der Waals surface area (Å²) in [5, 5.41) is 4.55. The number of hydrazone groups is 1. The van der Waals surface area contributed by atoms with Crippen LogP contribution in [-0.2, 0) is 4.79 Å². The van der Waals surface area contributed by atoms with Crippen molar-refractivity contribution in [3.8, 4) is 11.5 Å². The van der Waals surface area contributed by atoms with Crippen LogP contribution in [0.25, 0.3) is 0 Å². The first-order valence-electron chi connectivity index (χ1n) is 10.1. The van der Waals surface area contributed by atoms with Crippen molar-refractivity contribution in [3.05, 3.63) is 24.3 Å². The molecule has 140 valence electrons. The Balaban J connectivity index is 1.39. The summed E-state index contributed by atoms with van der Waals surface area (Å²) in [5.41, 5.74) is 3.95. The van der Waals surface area contributed by atoms with Crippen LogP contribution in [0.4, 0.5) is 0 Å². The number of rotatable bonds is 3. The Hall–Kier alpha value is -2.04. The van der Waals surface area contributed by atoms with E-state index in [0.29, 0.717) is 17.4 Å². The normalized spacial score (nSPS) is 27.9. The summed E-state index contributed by atoms with van der Waals surface area (Å²) >= 11 is 0. The molecule has 0 aromatic heterocycles. The lowest BCUT2D eigenvalue weighted by Gasteiger charge is -2.34. The van der Waals surface area contributed by atoms with E-state index in [1.807, 2.05) is 24.3 Å². The van der Waals surface area contributed by atoms with Gasteiger partial charge in [0.2, 0.25) is 6.10 Å². The van der Waals surface area contributed by atoms with Gasteiger partial charge in [0.15, 0.2) is 11.5 Å². The molecular formula is C21H28N2O3. The predicted molar refractivity (Wildman–Crippen MR) is 100 cm³/mol. The second-order valence-corrected chi connectivity index (χ2v) is 7.69. The highest BCUT2D eigenvalue weighted by atomic mass is 16.6. The van der Waals surface area contributed by atoms with Gasteiger partial charge >= 0.3 is 0 Å². The van der Waals surface area contributed by atoms with Crippen molar-refractivity contribution in [3.63, 3.8) is 0 Å². The van der Waals surface area contributed by atoms with Gasteiger partial charge in [-0.15, -0.1) is 0 Å². The number of hydrogen-bond donors (Lipinski definition) is 1. The van der Waals surface area contributed by atoms with Crippen LogP contribution in [0.5, 0.6) is 11.5 Å². The number of carbonyl (C=O) groups excluding carboxylic acids is 1. The molecule has 2 fully saturated rings. The van der Waals surface area contributed by atoms with Gasteiger partial charge in [0, 0.05) is 11.6 Å². The van der Waals surface area contributed by atoms with Crippen molar-refractivity contribution in [2.75, 3.05) is 6.61 Å². The second-order valence-electron chi connectivity index (χ2n) is 7.69.